The lowest BCUT2D eigenvalue weighted by molar-refractivity contribution is -0.138. The Balaban J connectivity index is 2.37. The van der Waals surface area contributed by atoms with E-state index >= 15 is 0 Å². The number of hydrogen-bond acceptors (Lipinski definition) is 2. The average Bonchev–Trinajstić information content (AvgIpc) is 2.16. The first-order valence-corrected chi connectivity index (χ1v) is 6.52. The van der Waals surface area contributed by atoms with Crippen molar-refractivity contribution in [1.82, 2.24) is 4.90 Å². The van der Waals surface area contributed by atoms with E-state index in [0.717, 1.165) is 26.1 Å². The van der Waals surface area contributed by atoms with Gasteiger partial charge in [0.15, 0.2) is 0 Å². The first-order chi connectivity index (χ1) is 7.58. The number of aliphatic carboxylic acids is 1. The molecular weight excluding hydrogens is 202 g/mol. The molecule has 3 nitrogen and oxygen atoms in total. The molecule has 94 valence electrons. The van der Waals surface area contributed by atoms with Crippen molar-refractivity contribution >= 4 is 5.97 Å². The van der Waals surface area contributed by atoms with E-state index in [2.05, 4.69) is 18.7 Å². The maximum atomic E-state index is 10.8. The van der Waals surface area contributed by atoms with Gasteiger partial charge in [-0.05, 0) is 44.2 Å². The van der Waals surface area contributed by atoms with E-state index in [4.69, 9.17) is 5.11 Å². The van der Waals surface area contributed by atoms with Crippen molar-refractivity contribution in [2.45, 2.75) is 46.0 Å². The Hall–Kier alpha value is -0.570. The summed E-state index contributed by atoms with van der Waals surface area (Å²) in [6, 6.07) is 0. The van der Waals surface area contributed by atoms with Gasteiger partial charge in [0.05, 0.1) is 0 Å². The molecule has 0 bridgehead atoms. The van der Waals surface area contributed by atoms with Crippen LogP contribution in [0.25, 0.3) is 0 Å². The highest BCUT2D eigenvalue weighted by Gasteiger charge is 2.19. The minimum Gasteiger partial charge on any atom is -0.481 e. The van der Waals surface area contributed by atoms with Crippen LogP contribution < -0.4 is 0 Å². The Morgan fingerprint density at radius 2 is 1.88 bits per heavy atom. The SMILES string of the molecule is CC(C)CC(CC(=O)O)CN1CCCCC1. The predicted molar refractivity (Wildman–Crippen MR) is 65.5 cm³/mol. The maximum absolute atomic E-state index is 10.8. The monoisotopic (exact) mass is 227 g/mol. The van der Waals surface area contributed by atoms with Gasteiger partial charge in [0.1, 0.15) is 0 Å². The van der Waals surface area contributed by atoms with Gasteiger partial charge in [-0.25, -0.2) is 0 Å². The van der Waals surface area contributed by atoms with Crippen LogP contribution in [0.1, 0.15) is 46.0 Å². The topological polar surface area (TPSA) is 40.5 Å². The zero-order valence-corrected chi connectivity index (χ0v) is 10.6. The van der Waals surface area contributed by atoms with Crippen LogP contribution in [0.3, 0.4) is 0 Å². The molecule has 1 aliphatic rings. The second-order valence-corrected chi connectivity index (χ2v) is 5.45. The van der Waals surface area contributed by atoms with E-state index in [9.17, 15) is 4.79 Å². The van der Waals surface area contributed by atoms with E-state index in [1.807, 2.05) is 0 Å². The van der Waals surface area contributed by atoms with Crippen molar-refractivity contribution in [3.05, 3.63) is 0 Å². The normalized spacial score (nSPS) is 19.9. The Labute approximate surface area is 98.8 Å². The van der Waals surface area contributed by atoms with Crippen LogP contribution in [0, 0.1) is 11.8 Å². The fourth-order valence-corrected chi connectivity index (χ4v) is 2.64. The van der Waals surface area contributed by atoms with Gasteiger partial charge >= 0.3 is 5.97 Å². The molecule has 0 aliphatic carbocycles. The second-order valence-electron chi connectivity index (χ2n) is 5.45. The van der Waals surface area contributed by atoms with Crippen molar-refractivity contribution < 1.29 is 9.90 Å². The summed E-state index contributed by atoms with van der Waals surface area (Å²) >= 11 is 0. The van der Waals surface area contributed by atoms with Crippen molar-refractivity contribution in [3.8, 4) is 0 Å². The highest BCUT2D eigenvalue weighted by molar-refractivity contribution is 5.67. The Kier molecular flexibility index (Phi) is 5.81. The summed E-state index contributed by atoms with van der Waals surface area (Å²) in [5, 5.41) is 8.91. The third-order valence-electron chi connectivity index (χ3n) is 3.23. The van der Waals surface area contributed by atoms with Crippen LogP contribution in [0.2, 0.25) is 0 Å². The van der Waals surface area contributed by atoms with Crippen LogP contribution >= 0.6 is 0 Å². The van der Waals surface area contributed by atoms with Gasteiger partial charge in [0.2, 0.25) is 0 Å². The number of carboxylic acid groups (broad SMARTS) is 1. The molecule has 0 saturated carbocycles. The Morgan fingerprint density at radius 3 is 2.38 bits per heavy atom. The molecule has 1 atom stereocenters. The molecule has 0 amide bonds. The molecule has 1 rings (SSSR count). The zero-order valence-electron chi connectivity index (χ0n) is 10.6. The second kappa shape index (κ2) is 6.89. The van der Waals surface area contributed by atoms with Crippen LogP contribution in [-0.2, 0) is 4.79 Å². The van der Waals surface area contributed by atoms with Gasteiger partial charge in [-0.2, -0.15) is 0 Å². The van der Waals surface area contributed by atoms with Crippen molar-refractivity contribution in [2.24, 2.45) is 11.8 Å². The molecular formula is C13H25NO2. The summed E-state index contributed by atoms with van der Waals surface area (Å²) in [7, 11) is 0. The molecule has 0 aromatic heterocycles. The quantitative estimate of drug-likeness (QED) is 0.758. The summed E-state index contributed by atoms with van der Waals surface area (Å²) in [6.07, 6.45) is 5.25. The third-order valence-corrected chi connectivity index (χ3v) is 3.23. The summed E-state index contributed by atoms with van der Waals surface area (Å²) in [4.78, 5) is 13.3. The van der Waals surface area contributed by atoms with E-state index in [-0.39, 0.29) is 0 Å². The molecule has 0 spiro atoms. The van der Waals surface area contributed by atoms with Crippen LogP contribution in [0.4, 0.5) is 0 Å². The molecule has 1 unspecified atom stereocenters. The smallest absolute Gasteiger partial charge is 0.303 e. The first kappa shape index (κ1) is 13.5. The molecule has 1 N–H and O–H groups in total. The molecule has 1 heterocycles. The van der Waals surface area contributed by atoms with Gasteiger partial charge in [-0.3, -0.25) is 4.79 Å². The van der Waals surface area contributed by atoms with Crippen molar-refractivity contribution in [3.63, 3.8) is 0 Å². The summed E-state index contributed by atoms with van der Waals surface area (Å²) in [5.74, 6) is 0.271. The number of carboxylic acids is 1. The fraction of sp³-hybridized carbons (Fsp3) is 0.923. The van der Waals surface area contributed by atoms with Crippen LogP contribution in [-0.4, -0.2) is 35.6 Å². The van der Waals surface area contributed by atoms with Gasteiger partial charge in [0, 0.05) is 13.0 Å². The lowest BCUT2D eigenvalue weighted by atomic mass is 9.93. The van der Waals surface area contributed by atoms with E-state index in [1.54, 1.807) is 0 Å². The molecule has 3 heteroatoms. The number of likely N-dealkylation sites (tertiary alicyclic amines) is 1. The van der Waals surface area contributed by atoms with E-state index in [0.29, 0.717) is 18.3 Å². The standard InChI is InChI=1S/C13H25NO2/c1-11(2)8-12(9-13(15)16)10-14-6-4-3-5-7-14/h11-12H,3-10H2,1-2H3,(H,15,16). The predicted octanol–water partition coefficient (Wildman–Crippen LogP) is 2.61. The number of hydrogen-bond donors (Lipinski definition) is 1. The Bertz CT molecular complexity index is 210. The average molecular weight is 227 g/mol. The highest BCUT2D eigenvalue weighted by atomic mass is 16.4. The minimum absolute atomic E-state index is 0.328. The molecule has 0 aromatic rings. The summed E-state index contributed by atoms with van der Waals surface area (Å²) in [6.45, 7) is 7.64. The lowest BCUT2D eigenvalue weighted by Crippen LogP contribution is -2.35. The van der Waals surface area contributed by atoms with Crippen molar-refractivity contribution in [2.75, 3.05) is 19.6 Å². The van der Waals surface area contributed by atoms with Gasteiger partial charge < -0.3 is 10.0 Å². The number of rotatable bonds is 6. The molecule has 0 radical (unpaired) electrons. The molecule has 1 fully saturated rings. The van der Waals surface area contributed by atoms with E-state index < -0.39 is 5.97 Å². The van der Waals surface area contributed by atoms with Crippen LogP contribution in [0.5, 0.6) is 0 Å². The molecule has 1 saturated heterocycles. The highest BCUT2D eigenvalue weighted by Crippen LogP contribution is 2.19. The van der Waals surface area contributed by atoms with Gasteiger partial charge in [-0.1, -0.05) is 20.3 Å². The van der Waals surface area contributed by atoms with Crippen LogP contribution in [0.15, 0.2) is 0 Å². The fourth-order valence-electron chi connectivity index (χ4n) is 2.64. The minimum atomic E-state index is -0.650. The maximum Gasteiger partial charge on any atom is 0.303 e. The Morgan fingerprint density at radius 1 is 1.25 bits per heavy atom. The van der Waals surface area contributed by atoms with Gasteiger partial charge in [0.25, 0.3) is 0 Å². The van der Waals surface area contributed by atoms with Gasteiger partial charge in [-0.15, -0.1) is 0 Å². The number of nitrogens with zero attached hydrogens (tertiary/aromatic N) is 1. The summed E-state index contributed by atoms with van der Waals surface area (Å²) in [5.41, 5.74) is 0. The number of carbonyl (C=O) groups is 1. The molecule has 1 aliphatic heterocycles. The van der Waals surface area contributed by atoms with E-state index in [1.165, 1.54) is 19.3 Å². The summed E-state index contributed by atoms with van der Waals surface area (Å²) < 4.78 is 0. The largest absolute Gasteiger partial charge is 0.481 e. The van der Waals surface area contributed by atoms with Crippen molar-refractivity contribution in [1.29, 1.82) is 0 Å². The first-order valence-electron chi connectivity index (χ1n) is 6.52. The zero-order chi connectivity index (χ0) is 12.0. The molecule has 0 aromatic carbocycles. The lowest BCUT2D eigenvalue weighted by Gasteiger charge is -2.30. The molecule has 16 heavy (non-hydrogen) atoms. The number of piperidine rings is 1. The third kappa shape index (κ3) is 5.50.